The van der Waals surface area contributed by atoms with Gasteiger partial charge in [-0.15, -0.1) is 0 Å². The summed E-state index contributed by atoms with van der Waals surface area (Å²) in [5.41, 5.74) is 0. The van der Waals surface area contributed by atoms with Crippen molar-refractivity contribution in [2.75, 3.05) is 5.33 Å². The lowest BCUT2D eigenvalue weighted by atomic mass is 9.96. The highest BCUT2D eigenvalue weighted by Gasteiger charge is 2.14. The Balaban J connectivity index is 2.62. The highest BCUT2D eigenvalue weighted by atomic mass is 79.9. The van der Waals surface area contributed by atoms with E-state index in [4.69, 9.17) is 0 Å². The summed E-state index contributed by atoms with van der Waals surface area (Å²) in [4.78, 5) is 4.40. The van der Waals surface area contributed by atoms with Crippen molar-refractivity contribution in [2.45, 2.75) is 47.1 Å². The largest absolute Gasteiger partial charge is 0.250 e. The Labute approximate surface area is 113 Å². The fourth-order valence-corrected chi connectivity index (χ4v) is 2.56. The van der Waals surface area contributed by atoms with E-state index in [1.807, 2.05) is 0 Å². The predicted molar refractivity (Wildman–Crippen MR) is 75.3 cm³/mol. The molecule has 3 nitrogen and oxygen atoms in total. The lowest BCUT2D eigenvalue weighted by Crippen LogP contribution is -2.16. The van der Waals surface area contributed by atoms with Crippen molar-refractivity contribution in [2.24, 2.45) is 17.8 Å². The van der Waals surface area contributed by atoms with Gasteiger partial charge in [-0.3, -0.25) is 0 Å². The summed E-state index contributed by atoms with van der Waals surface area (Å²) >= 11 is 3.61. The van der Waals surface area contributed by atoms with Crippen LogP contribution in [0.1, 0.15) is 39.9 Å². The van der Waals surface area contributed by atoms with Gasteiger partial charge in [-0.05, 0) is 24.2 Å². The van der Waals surface area contributed by atoms with E-state index in [9.17, 15) is 0 Å². The minimum Gasteiger partial charge on any atom is -0.250 e. The van der Waals surface area contributed by atoms with Gasteiger partial charge in [0, 0.05) is 18.3 Å². The maximum absolute atomic E-state index is 4.40. The van der Waals surface area contributed by atoms with Crippen molar-refractivity contribution in [1.82, 2.24) is 14.8 Å². The zero-order chi connectivity index (χ0) is 12.8. The first-order chi connectivity index (χ1) is 8.02. The fourth-order valence-electron chi connectivity index (χ4n) is 2.07. The molecule has 0 N–H and O–H groups in total. The van der Waals surface area contributed by atoms with Crippen LogP contribution in [0.4, 0.5) is 0 Å². The third-order valence-corrected chi connectivity index (χ3v) is 3.64. The normalized spacial score (nSPS) is 13.6. The van der Waals surface area contributed by atoms with Gasteiger partial charge in [-0.25, -0.2) is 9.67 Å². The average molecular weight is 302 g/mol. The van der Waals surface area contributed by atoms with Crippen LogP contribution in [0.3, 0.4) is 0 Å². The molecule has 1 unspecified atom stereocenters. The molecule has 1 rings (SSSR count). The van der Waals surface area contributed by atoms with Gasteiger partial charge in [-0.1, -0.05) is 43.6 Å². The summed E-state index contributed by atoms with van der Waals surface area (Å²) in [6.07, 6.45) is 3.94. The van der Waals surface area contributed by atoms with Crippen molar-refractivity contribution in [3.05, 3.63) is 12.2 Å². The Hall–Kier alpha value is -0.380. The SMILES string of the molecule is CC(C)CC(CBr)Cc1ncnn1CC(C)C. The van der Waals surface area contributed by atoms with Crippen LogP contribution in [0.5, 0.6) is 0 Å². The van der Waals surface area contributed by atoms with E-state index in [2.05, 4.69) is 58.4 Å². The van der Waals surface area contributed by atoms with Gasteiger partial charge in [0.15, 0.2) is 0 Å². The molecule has 1 atom stereocenters. The maximum atomic E-state index is 4.40. The number of alkyl halides is 1. The van der Waals surface area contributed by atoms with E-state index in [0.29, 0.717) is 11.8 Å². The predicted octanol–water partition coefficient (Wildman–Crippen LogP) is 3.53. The number of hydrogen-bond donors (Lipinski definition) is 0. The molecule has 0 fully saturated rings. The second-order valence-corrected chi connectivity index (χ2v) is 6.25. The van der Waals surface area contributed by atoms with Crippen molar-refractivity contribution in [3.63, 3.8) is 0 Å². The zero-order valence-electron chi connectivity index (χ0n) is 11.4. The van der Waals surface area contributed by atoms with Gasteiger partial charge < -0.3 is 0 Å². The molecule has 98 valence electrons. The first-order valence-electron chi connectivity index (χ1n) is 6.45. The molecule has 4 heteroatoms. The quantitative estimate of drug-likeness (QED) is 0.721. The summed E-state index contributed by atoms with van der Waals surface area (Å²) < 4.78 is 2.06. The molecule has 1 aromatic rings. The van der Waals surface area contributed by atoms with Crippen LogP contribution in [-0.2, 0) is 13.0 Å². The van der Waals surface area contributed by atoms with Crippen molar-refractivity contribution < 1.29 is 0 Å². The van der Waals surface area contributed by atoms with Crippen molar-refractivity contribution in [1.29, 1.82) is 0 Å². The molecule has 0 aliphatic heterocycles. The molecule has 0 radical (unpaired) electrons. The monoisotopic (exact) mass is 301 g/mol. The molecule has 1 aromatic heterocycles. The minimum absolute atomic E-state index is 0.614. The van der Waals surface area contributed by atoms with E-state index in [0.717, 1.165) is 30.0 Å². The fraction of sp³-hybridized carbons (Fsp3) is 0.846. The van der Waals surface area contributed by atoms with Crippen LogP contribution in [0.2, 0.25) is 0 Å². The molecule has 0 amide bonds. The second-order valence-electron chi connectivity index (χ2n) is 5.61. The van der Waals surface area contributed by atoms with Gasteiger partial charge in [-0.2, -0.15) is 5.10 Å². The highest BCUT2D eigenvalue weighted by molar-refractivity contribution is 9.09. The van der Waals surface area contributed by atoms with Crippen LogP contribution in [0, 0.1) is 17.8 Å². The molecule has 0 aromatic carbocycles. The summed E-state index contributed by atoms with van der Waals surface area (Å²) in [6, 6.07) is 0. The smallest absolute Gasteiger partial charge is 0.138 e. The van der Waals surface area contributed by atoms with Crippen LogP contribution >= 0.6 is 15.9 Å². The Morgan fingerprint density at radius 3 is 2.47 bits per heavy atom. The molecular weight excluding hydrogens is 278 g/mol. The minimum atomic E-state index is 0.614. The van der Waals surface area contributed by atoms with E-state index in [-0.39, 0.29) is 0 Å². The zero-order valence-corrected chi connectivity index (χ0v) is 12.9. The molecule has 0 saturated carbocycles. The van der Waals surface area contributed by atoms with Crippen LogP contribution < -0.4 is 0 Å². The van der Waals surface area contributed by atoms with Crippen molar-refractivity contribution in [3.8, 4) is 0 Å². The lowest BCUT2D eigenvalue weighted by Gasteiger charge is -2.16. The van der Waals surface area contributed by atoms with Gasteiger partial charge >= 0.3 is 0 Å². The van der Waals surface area contributed by atoms with Gasteiger partial charge in [0.25, 0.3) is 0 Å². The van der Waals surface area contributed by atoms with E-state index >= 15 is 0 Å². The molecule has 0 spiro atoms. The first-order valence-corrected chi connectivity index (χ1v) is 7.57. The molecule has 0 aliphatic rings. The highest BCUT2D eigenvalue weighted by Crippen LogP contribution is 2.18. The number of aromatic nitrogens is 3. The summed E-state index contributed by atoms with van der Waals surface area (Å²) in [7, 11) is 0. The van der Waals surface area contributed by atoms with Crippen molar-refractivity contribution >= 4 is 15.9 Å². The Kier molecular flexibility index (Phi) is 6.17. The summed E-state index contributed by atoms with van der Waals surface area (Å²) in [5.74, 6) is 3.14. The topological polar surface area (TPSA) is 30.7 Å². The van der Waals surface area contributed by atoms with Gasteiger partial charge in [0.05, 0.1) is 0 Å². The molecule has 17 heavy (non-hydrogen) atoms. The Morgan fingerprint density at radius 2 is 1.94 bits per heavy atom. The number of rotatable bonds is 7. The van der Waals surface area contributed by atoms with Crippen LogP contribution in [0.25, 0.3) is 0 Å². The molecule has 0 saturated heterocycles. The summed E-state index contributed by atoms with van der Waals surface area (Å²) in [5, 5.41) is 5.35. The van der Waals surface area contributed by atoms with E-state index in [1.165, 1.54) is 6.42 Å². The standard InChI is InChI=1S/C13H24BrN3/c1-10(2)5-12(7-14)6-13-15-9-16-17(13)8-11(3)4/h9-12H,5-8H2,1-4H3. The number of halogens is 1. The molecule has 1 heterocycles. The third-order valence-electron chi connectivity index (χ3n) is 2.73. The second kappa shape index (κ2) is 7.14. The Morgan fingerprint density at radius 1 is 1.24 bits per heavy atom. The average Bonchev–Trinajstić information content (AvgIpc) is 2.63. The summed E-state index contributed by atoms with van der Waals surface area (Å²) in [6.45, 7) is 9.93. The number of nitrogens with zero attached hydrogens (tertiary/aromatic N) is 3. The third kappa shape index (κ3) is 5.19. The number of hydrogen-bond acceptors (Lipinski definition) is 2. The van der Waals surface area contributed by atoms with Gasteiger partial charge in [0.1, 0.15) is 12.2 Å². The molecule has 0 bridgehead atoms. The van der Waals surface area contributed by atoms with Crippen LogP contribution in [-0.4, -0.2) is 20.1 Å². The van der Waals surface area contributed by atoms with E-state index < -0.39 is 0 Å². The van der Waals surface area contributed by atoms with Crippen LogP contribution in [0.15, 0.2) is 6.33 Å². The Bertz CT molecular complexity index is 320. The molecular formula is C13H24BrN3. The lowest BCUT2D eigenvalue weighted by molar-refractivity contribution is 0.410. The first kappa shape index (κ1) is 14.7. The van der Waals surface area contributed by atoms with E-state index in [1.54, 1.807) is 6.33 Å². The maximum Gasteiger partial charge on any atom is 0.138 e. The molecule has 0 aliphatic carbocycles. The van der Waals surface area contributed by atoms with Gasteiger partial charge in [0.2, 0.25) is 0 Å².